The number of hydrogen-bond acceptors (Lipinski definition) is 8. The summed E-state index contributed by atoms with van der Waals surface area (Å²) < 4.78 is 5.56. The van der Waals surface area contributed by atoms with Gasteiger partial charge in [-0.2, -0.15) is 0 Å². The van der Waals surface area contributed by atoms with E-state index in [1.807, 2.05) is 7.05 Å². The van der Waals surface area contributed by atoms with Crippen LogP contribution in [-0.2, 0) is 11.3 Å². The van der Waals surface area contributed by atoms with Crippen molar-refractivity contribution in [3.05, 3.63) is 35.4 Å². The fraction of sp³-hybridized carbons (Fsp3) is 0.560. The van der Waals surface area contributed by atoms with Crippen LogP contribution in [0.2, 0.25) is 0 Å². The Morgan fingerprint density at radius 2 is 1.94 bits per heavy atom. The highest BCUT2D eigenvalue weighted by Gasteiger charge is 2.27. The second kappa shape index (κ2) is 11.0. The van der Waals surface area contributed by atoms with Crippen molar-refractivity contribution >= 4 is 17.9 Å². The molecule has 2 heterocycles. The van der Waals surface area contributed by atoms with Crippen LogP contribution in [0.1, 0.15) is 36.8 Å². The van der Waals surface area contributed by atoms with E-state index in [0.717, 1.165) is 81.3 Å². The molecule has 0 bridgehead atoms. The molecule has 178 valence electrons. The molecular weight excluding hydrogens is 414 g/mol. The van der Waals surface area contributed by atoms with Crippen molar-refractivity contribution in [3.63, 3.8) is 0 Å². The first-order chi connectivity index (χ1) is 16.1. The minimum Gasteiger partial charge on any atom is -0.381 e. The van der Waals surface area contributed by atoms with Crippen LogP contribution in [0, 0.1) is 5.41 Å². The highest BCUT2D eigenvalue weighted by atomic mass is 16.5. The van der Waals surface area contributed by atoms with Gasteiger partial charge in [0.05, 0.1) is 5.56 Å². The van der Waals surface area contributed by atoms with Crippen molar-refractivity contribution < 1.29 is 4.74 Å². The molecule has 4 rings (SSSR count). The van der Waals surface area contributed by atoms with Crippen LogP contribution in [0.25, 0.3) is 11.4 Å². The maximum atomic E-state index is 8.13. The van der Waals surface area contributed by atoms with Crippen molar-refractivity contribution in [2.75, 3.05) is 57.7 Å². The molecule has 1 aliphatic heterocycles. The Kier molecular flexibility index (Phi) is 7.90. The summed E-state index contributed by atoms with van der Waals surface area (Å²) in [5, 5.41) is 14.9. The molecule has 2 aliphatic rings. The van der Waals surface area contributed by atoms with Gasteiger partial charge in [0.1, 0.15) is 11.6 Å². The summed E-state index contributed by atoms with van der Waals surface area (Å²) in [6.45, 7) is 4.35. The standard InChI is InChI=1S/C25H37N7O/c1-27-11-12-31(2)17-18-5-4-6-19(15-18)23-29-24(28-20-7-8-20)22(16-26)25(30-23)32(3)21-9-13-33-14-10-21/h4-6,15-16,20-21,26-27H,7-14,17H2,1-3H3,(H,28,29,30). The zero-order valence-corrected chi connectivity index (χ0v) is 20.1. The first-order valence-electron chi connectivity index (χ1n) is 12.0. The Labute approximate surface area is 197 Å². The molecule has 8 nitrogen and oxygen atoms in total. The van der Waals surface area contributed by atoms with Crippen LogP contribution in [-0.4, -0.2) is 80.6 Å². The molecule has 33 heavy (non-hydrogen) atoms. The third-order valence-electron chi connectivity index (χ3n) is 6.44. The third kappa shape index (κ3) is 6.07. The van der Waals surface area contributed by atoms with Crippen LogP contribution in [0.15, 0.2) is 24.3 Å². The van der Waals surface area contributed by atoms with E-state index in [4.69, 9.17) is 20.1 Å². The monoisotopic (exact) mass is 451 g/mol. The van der Waals surface area contributed by atoms with Crippen LogP contribution < -0.4 is 15.5 Å². The number of nitrogens with zero attached hydrogens (tertiary/aromatic N) is 4. The number of benzene rings is 1. The predicted molar refractivity (Wildman–Crippen MR) is 135 cm³/mol. The molecule has 1 aliphatic carbocycles. The number of nitrogens with one attached hydrogen (secondary N) is 3. The van der Waals surface area contributed by atoms with Gasteiger partial charge in [0, 0.05) is 63.8 Å². The summed E-state index contributed by atoms with van der Waals surface area (Å²) in [6.07, 6.45) is 5.62. The lowest BCUT2D eigenvalue weighted by molar-refractivity contribution is 0.0853. The SMILES string of the molecule is CNCCN(C)Cc1cccc(-c2nc(NC3CC3)c(C=N)c(N(C)C3CCOCC3)n2)c1. The average molecular weight is 452 g/mol. The first kappa shape index (κ1) is 23.6. The van der Waals surface area contributed by atoms with Crippen molar-refractivity contribution in [1.29, 1.82) is 5.41 Å². The summed E-state index contributed by atoms with van der Waals surface area (Å²) in [7, 11) is 6.20. The number of rotatable bonds is 11. The van der Waals surface area contributed by atoms with E-state index >= 15 is 0 Å². The van der Waals surface area contributed by atoms with Crippen molar-refractivity contribution in [2.45, 2.75) is 44.3 Å². The van der Waals surface area contributed by atoms with Gasteiger partial charge in [-0.15, -0.1) is 0 Å². The highest BCUT2D eigenvalue weighted by molar-refractivity contribution is 5.92. The zero-order chi connectivity index (χ0) is 23.2. The van der Waals surface area contributed by atoms with Gasteiger partial charge in [0.15, 0.2) is 5.82 Å². The minimum atomic E-state index is 0.348. The molecule has 1 saturated heterocycles. The Morgan fingerprint density at radius 1 is 1.15 bits per heavy atom. The molecule has 1 aromatic carbocycles. The van der Waals surface area contributed by atoms with E-state index in [2.05, 4.69) is 58.8 Å². The highest BCUT2D eigenvalue weighted by Crippen LogP contribution is 2.32. The average Bonchev–Trinajstić information content (AvgIpc) is 3.66. The summed E-state index contributed by atoms with van der Waals surface area (Å²) >= 11 is 0. The second-order valence-electron chi connectivity index (χ2n) is 9.19. The van der Waals surface area contributed by atoms with E-state index in [9.17, 15) is 0 Å². The van der Waals surface area contributed by atoms with Gasteiger partial charge in [-0.05, 0) is 51.4 Å². The molecule has 0 amide bonds. The number of aromatic nitrogens is 2. The van der Waals surface area contributed by atoms with E-state index in [-0.39, 0.29) is 0 Å². The Balaban J connectivity index is 1.67. The first-order valence-corrected chi connectivity index (χ1v) is 12.0. The molecule has 8 heteroatoms. The summed E-state index contributed by atoms with van der Waals surface area (Å²) in [4.78, 5) is 14.4. The van der Waals surface area contributed by atoms with E-state index < -0.39 is 0 Å². The quantitative estimate of drug-likeness (QED) is 0.453. The lowest BCUT2D eigenvalue weighted by atomic mass is 10.1. The van der Waals surface area contributed by atoms with E-state index in [1.165, 1.54) is 11.8 Å². The molecule has 1 aromatic heterocycles. The predicted octanol–water partition coefficient (Wildman–Crippen LogP) is 2.98. The maximum absolute atomic E-state index is 8.13. The van der Waals surface area contributed by atoms with Gasteiger partial charge in [0.2, 0.25) is 0 Å². The van der Waals surface area contributed by atoms with Gasteiger partial charge in [-0.25, -0.2) is 9.97 Å². The molecule has 0 radical (unpaired) electrons. The van der Waals surface area contributed by atoms with Crippen LogP contribution >= 0.6 is 0 Å². The largest absolute Gasteiger partial charge is 0.381 e. The molecule has 2 fully saturated rings. The van der Waals surface area contributed by atoms with Crippen molar-refractivity contribution in [1.82, 2.24) is 20.2 Å². The van der Waals surface area contributed by atoms with Crippen LogP contribution in [0.3, 0.4) is 0 Å². The van der Waals surface area contributed by atoms with Crippen LogP contribution in [0.4, 0.5) is 11.6 Å². The molecule has 3 N–H and O–H groups in total. The fourth-order valence-electron chi connectivity index (χ4n) is 4.27. The fourth-order valence-corrected chi connectivity index (χ4v) is 4.27. The lowest BCUT2D eigenvalue weighted by Gasteiger charge is -2.33. The number of likely N-dealkylation sites (N-methyl/N-ethyl adjacent to an activating group) is 2. The Hall–Kier alpha value is -2.55. The molecule has 2 aromatic rings. The molecule has 0 atom stereocenters. The molecule has 1 saturated carbocycles. The van der Waals surface area contributed by atoms with Crippen molar-refractivity contribution in [2.24, 2.45) is 0 Å². The zero-order valence-electron chi connectivity index (χ0n) is 20.1. The number of ether oxygens (including phenoxy) is 1. The summed E-state index contributed by atoms with van der Waals surface area (Å²) in [5.41, 5.74) is 3.01. The van der Waals surface area contributed by atoms with Crippen LogP contribution in [0.5, 0.6) is 0 Å². The topological polar surface area (TPSA) is 89.4 Å². The van der Waals surface area contributed by atoms with Gasteiger partial charge in [0.25, 0.3) is 0 Å². The maximum Gasteiger partial charge on any atom is 0.163 e. The van der Waals surface area contributed by atoms with E-state index in [0.29, 0.717) is 17.9 Å². The molecule has 0 spiro atoms. The minimum absolute atomic E-state index is 0.348. The smallest absolute Gasteiger partial charge is 0.163 e. The van der Waals surface area contributed by atoms with Gasteiger partial charge in [-0.1, -0.05) is 18.2 Å². The van der Waals surface area contributed by atoms with Gasteiger partial charge >= 0.3 is 0 Å². The molecular formula is C25H37N7O. The van der Waals surface area contributed by atoms with Gasteiger partial charge in [-0.3, -0.25) is 0 Å². The number of hydrogen-bond donors (Lipinski definition) is 3. The van der Waals surface area contributed by atoms with E-state index in [1.54, 1.807) is 0 Å². The summed E-state index contributed by atoms with van der Waals surface area (Å²) in [5.74, 6) is 2.29. The molecule has 0 unspecified atom stereocenters. The number of anilines is 2. The third-order valence-corrected chi connectivity index (χ3v) is 6.44. The van der Waals surface area contributed by atoms with Gasteiger partial charge < -0.3 is 30.6 Å². The lowest BCUT2D eigenvalue weighted by Crippen LogP contribution is -2.38. The Bertz CT molecular complexity index is 940. The van der Waals surface area contributed by atoms with Crippen molar-refractivity contribution in [3.8, 4) is 11.4 Å². The Morgan fingerprint density at radius 3 is 2.64 bits per heavy atom. The second-order valence-corrected chi connectivity index (χ2v) is 9.19. The summed E-state index contributed by atoms with van der Waals surface area (Å²) in [6, 6.07) is 9.30. The normalized spacial score (nSPS) is 16.7.